The van der Waals surface area contributed by atoms with Gasteiger partial charge in [-0.3, -0.25) is 4.79 Å². The summed E-state index contributed by atoms with van der Waals surface area (Å²) in [7, 11) is 0. The van der Waals surface area contributed by atoms with Crippen LogP contribution in [0.5, 0.6) is 0 Å². The van der Waals surface area contributed by atoms with E-state index in [-0.39, 0.29) is 5.78 Å². The predicted octanol–water partition coefficient (Wildman–Crippen LogP) is 1.72. The molecule has 1 aromatic heterocycles. The SMILES string of the molecule is Cc1nnsc1C(=O)C1=CCCCO1. The standard InChI is InChI=1S/C9H10N2O2S/c1-6-9(14-11-10-6)8(12)7-4-2-3-5-13-7/h4H,2-3,5H2,1H3. The van der Waals surface area contributed by atoms with E-state index >= 15 is 0 Å². The Morgan fingerprint density at radius 1 is 1.64 bits per heavy atom. The highest BCUT2D eigenvalue weighted by molar-refractivity contribution is 7.08. The fourth-order valence-electron chi connectivity index (χ4n) is 1.27. The molecule has 74 valence electrons. The lowest BCUT2D eigenvalue weighted by Gasteiger charge is -2.12. The van der Waals surface area contributed by atoms with Crippen molar-refractivity contribution < 1.29 is 9.53 Å². The molecule has 2 heterocycles. The molecular formula is C9H10N2O2S. The van der Waals surface area contributed by atoms with E-state index in [1.54, 1.807) is 6.92 Å². The van der Waals surface area contributed by atoms with Crippen LogP contribution in [0.25, 0.3) is 0 Å². The molecule has 0 saturated carbocycles. The number of ketones is 1. The molecule has 1 aliphatic heterocycles. The summed E-state index contributed by atoms with van der Waals surface area (Å²) in [4.78, 5) is 12.4. The van der Waals surface area contributed by atoms with Gasteiger partial charge >= 0.3 is 0 Å². The van der Waals surface area contributed by atoms with Crippen molar-refractivity contribution in [1.82, 2.24) is 9.59 Å². The Bertz CT molecular complexity index is 384. The first-order chi connectivity index (χ1) is 6.79. The van der Waals surface area contributed by atoms with Gasteiger partial charge in [-0.1, -0.05) is 4.49 Å². The molecule has 0 unspecified atom stereocenters. The lowest BCUT2D eigenvalue weighted by atomic mass is 10.1. The highest BCUT2D eigenvalue weighted by atomic mass is 32.1. The van der Waals surface area contributed by atoms with Gasteiger partial charge in [-0.05, 0) is 37.4 Å². The Kier molecular flexibility index (Phi) is 2.58. The number of aromatic nitrogens is 2. The van der Waals surface area contributed by atoms with Gasteiger partial charge in [0.15, 0.2) is 5.76 Å². The van der Waals surface area contributed by atoms with Crippen LogP contribution in [-0.4, -0.2) is 22.0 Å². The second-order valence-electron chi connectivity index (χ2n) is 3.08. The van der Waals surface area contributed by atoms with Gasteiger partial charge in [-0.2, -0.15) is 0 Å². The van der Waals surface area contributed by atoms with Crippen LogP contribution in [0, 0.1) is 6.92 Å². The van der Waals surface area contributed by atoms with E-state index in [0.717, 1.165) is 24.4 Å². The van der Waals surface area contributed by atoms with Crippen molar-refractivity contribution in [1.29, 1.82) is 0 Å². The molecule has 0 saturated heterocycles. The molecule has 0 aliphatic carbocycles. The van der Waals surface area contributed by atoms with Gasteiger partial charge < -0.3 is 4.74 Å². The molecule has 0 atom stereocenters. The van der Waals surface area contributed by atoms with Crippen LogP contribution in [0.1, 0.15) is 28.2 Å². The van der Waals surface area contributed by atoms with Crippen molar-refractivity contribution >= 4 is 17.3 Å². The molecule has 0 aromatic carbocycles. The van der Waals surface area contributed by atoms with E-state index in [4.69, 9.17) is 4.74 Å². The Balaban J connectivity index is 2.23. The van der Waals surface area contributed by atoms with Gasteiger partial charge in [0, 0.05) is 0 Å². The van der Waals surface area contributed by atoms with Crippen molar-refractivity contribution in [2.75, 3.05) is 6.61 Å². The van der Waals surface area contributed by atoms with Gasteiger partial charge in [0.25, 0.3) is 0 Å². The van der Waals surface area contributed by atoms with Gasteiger partial charge in [0.05, 0.1) is 12.3 Å². The number of hydrogen-bond acceptors (Lipinski definition) is 5. The summed E-state index contributed by atoms with van der Waals surface area (Å²) >= 11 is 1.12. The summed E-state index contributed by atoms with van der Waals surface area (Å²) < 4.78 is 9.01. The normalized spacial score (nSPS) is 15.9. The second-order valence-corrected chi connectivity index (χ2v) is 3.83. The fourth-order valence-corrected chi connectivity index (χ4v) is 1.87. The molecule has 0 fully saturated rings. The third-order valence-electron chi connectivity index (χ3n) is 2.02. The van der Waals surface area contributed by atoms with E-state index in [0.29, 0.717) is 22.9 Å². The number of aryl methyl sites for hydroxylation is 1. The number of nitrogens with zero attached hydrogens (tertiary/aromatic N) is 2. The van der Waals surface area contributed by atoms with Crippen molar-refractivity contribution in [3.8, 4) is 0 Å². The van der Waals surface area contributed by atoms with E-state index in [9.17, 15) is 4.79 Å². The monoisotopic (exact) mass is 210 g/mol. The smallest absolute Gasteiger partial charge is 0.240 e. The maximum absolute atomic E-state index is 11.8. The highest BCUT2D eigenvalue weighted by Gasteiger charge is 2.20. The number of ether oxygens (including phenoxy) is 1. The number of hydrogen-bond donors (Lipinski definition) is 0. The summed E-state index contributed by atoms with van der Waals surface area (Å²) in [5, 5.41) is 3.80. The third-order valence-corrected chi connectivity index (χ3v) is 2.84. The molecule has 14 heavy (non-hydrogen) atoms. The molecule has 1 aromatic rings. The van der Waals surface area contributed by atoms with Crippen LogP contribution in [0.4, 0.5) is 0 Å². The zero-order valence-corrected chi connectivity index (χ0v) is 8.63. The van der Waals surface area contributed by atoms with Crippen LogP contribution in [0.3, 0.4) is 0 Å². The Morgan fingerprint density at radius 2 is 2.50 bits per heavy atom. The van der Waals surface area contributed by atoms with Gasteiger partial charge in [0.1, 0.15) is 4.88 Å². The summed E-state index contributed by atoms with van der Waals surface area (Å²) in [6.45, 7) is 2.41. The number of carbonyl (C=O) groups excluding carboxylic acids is 1. The first-order valence-electron chi connectivity index (χ1n) is 4.45. The highest BCUT2D eigenvalue weighted by Crippen LogP contribution is 2.19. The largest absolute Gasteiger partial charge is 0.490 e. The molecule has 0 spiro atoms. The predicted molar refractivity (Wildman–Crippen MR) is 52.2 cm³/mol. The minimum Gasteiger partial charge on any atom is -0.490 e. The van der Waals surface area contributed by atoms with Crippen molar-refractivity contribution in [2.45, 2.75) is 19.8 Å². The average Bonchev–Trinajstić information content (AvgIpc) is 2.65. The first kappa shape index (κ1) is 9.33. The molecule has 1 aliphatic rings. The number of carbonyl (C=O) groups is 1. The zero-order valence-electron chi connectivity index (χ0n) is 7.82. The van der Waals surface area contributed by atoms with Crippen molar-refractivity contribution in [3.63, 3.8) is 0 Å². The first-order valence-corrected chi connectivity index (χ1v) is 5.23. The van der Waals surface area contributed by atoms with E-state index < -0.39 is 0 Å². The van der Waals surface area contributed by atoms with Crippen LogP contribution < -0.4 is 0 Å². The molecule has 5 heteroatoms. The third kappa shape index (κ3) is 1.68. The van der Waals surface area contributed by atoms with Crippen molar-refractivity contribution in [2.24, 2.45) is 0 Å². The fraction of sp³-hybridized carbons (Fsp3) is 0.444. The topological polar surface area (TPSA) is 52.1 Å². The summed E-state index contributed by atoms with van der Waals surface area (Å²) in [6.07, 6.45) is 3.73. The number of Topliss-reactive ketones (excluding diaryl/α,β-unsaturated/α-hetero) is 1. The molecule has 4 nitrogen and oxygen atoms in total. The van der Waals surface area contributed by atoms with Crippen LogP contribution in [0.2, 0.25) is 0 Å². The van der Waals surface area contributed by atoms with Crippen LogP contribution in [-0.2, 0) is 4.74 Å². The average molecular weight is 210 g/mol. The van der Waals surface area contributed by atoms with E-state index in [1.165, 1.54) is 0 Å². The maximum Gasteiger partial charge on any atom is 0.240 e. The van der Waals surface area contributed by atoms with Gasteiger partial charge in [-0.25, -0.2) is 0 Å². The summed E-state index contributed by atoms with van der Waals surface area (Å²) in [6, 6.07) is 0. The molecular weight excluding hydrogens is 200 g/mol. The lowest BCUT2D eigenvalue weighted by molar-refractivity contribution is 0.0902. The summed E-state index contributed by atoms with van der Waals surface area (Å²) in [5.41, 5.74) is 0.676. The quantitative estimate of drug-likeness (QED) is 0.697. The molecule has 0 N–H and O–H groups in total. The zero-order chi connectivity index (χ0) is 9.97. The van der Waals surface area contributed by atoms with Gasteiger partial charge in [0.2, 0.25) is 5.78 Å². The second kappa shape index (κ2) is 3.88. The minimum absolute atomic E-state index is 0.0859. The van der Waals surface area contributed by atoms with Crippen molar-refractivity contribution in [3.05, 3.63) is 22.4 Å². The molecule has 0 radical (unpaired) electrons. The summed E-state index contributed by atoms with van der Waals surface area (Å²) in [5.74, 6) is 0.364. The maximum atomic E-state index is 11.8. The van der Waals surface area contributed by atoms with Gasteiger partial charge in [-0.15, -0.1) is 5.10 Å². The van der Waals surface area contributed by atoms with E-state index in [1.807, 2.05) is 6.08 Å². The Hall–Kier alpha value is -1.23. The van der Waals surface area contributed by atoms with Crippen LogP contribution >= 0.6 is 11.5 Å². The lowest BCUT2D eigenvalue weighted by Crippen LogP contribution is -2.11. The molecule has 0 amide bonds. The van der Waals surface area contributed by atoms with E-state index in [2.05, 4.69) is 9.59 Å². The molecule has 0 bridgehead atoms. The minimum atomic E-state index is -0.0859. The van der Waals surface area contributed by atoms with Crippen LogP contribution in [0.15, 0.2) is 11.8 Å². The number of rotatable bonds is 2. The number of allylic oxidation sites excluding steroid dienone is 2. The Morgan fingerprint density at radius 3 is 3.07 bits per heavy atom. The molecule has 2 rings (SSSR count). The Labute approximate surface area is 85.8 Å².